The molecule has 0 bridgehead atoms. The fraction of sp³-hybridized carbons (Fsp3) is 0.429. The summed E-state index contributed by atoms with van der Waals surface area (Å²) < 4.78 is 10.1. The fourth-order valence-electron chi connectivity index (χ4n) is 2.03. The molecule has 2 N–H and O–H groups in total. The first-order chi connectivity index (χ1) is 10.8. The number of nitrogens with zero attached hydrogens (tertiary/aromatic N) is 1. The number of para-hydroxylation sites is 2. The minimum atomic E-state index is -1.11. The summed E-state index contributed by atoms with van der Waals surface area (Å²) in [5, 5.41) is 22.2. The number of carboxylic acids is 1. The van der Waals surface area contributed by atoms with Crippen molar-refractivity contribution in [2.75, 3.05) is 20.3 Å². The quantitative estimate of drug-likeness (QED) is 0.511. The van der Waals surface area contributed by atoms with Gasteiger partial charge in [0.25, 0.3) is 5.91 Å². The van der Waals surface area contributed by atoms with Crippen molar-refractivity contribution in [1.82, 2.24) is 5.32 Å². The third kappa shape index (κ3) is 5.91. The van der Waals surface area contributed by atoms with Crippen LogP contribution in [0.5, 0.6) is 5.75 Å². The lowest BCUT2D eigenvalue weighted by atomic mass is 9.99. The van der Waals surface area contributed by atoms with Crippen LogP contribution in [0.2, 0.25) is 0 Å². The van der Waals surface area contributed by atoms with Gasteiger partial charge in [-0.05, 0) is 13.0 Å². The van der Waals surface area contributed by atoms with Crippen molar-refractivity contribution in [2.45, 2.75) is 18.9 Å². The molecule has 0 saturated carbocycles. The Morgan fingerprint density at radius 1 is 1.39 bits per heavy atom. The molecule has 126 valence electrons. The van der Waals surface area contributed by atoms with Gasteiger partial charge in [-0.25, -0.2) is 0 Å². The van der Waals surface area contributed by atoms with E-state index in [1.54, 1.807) is 6.07 Å². The van der Waals surface area contributed by atoms with E-state index < -0.39 is 28.9 Å². The van der Waals surface area contributed by atoms with Crippen LogP contribution in [-0.4, -0.2) is 47.8 Å². The highest BCUT2D eigenvalue weighted by atomic mass is 16.6. The van der Waals surface area contributed by atoms with Gasteiger partial charge < -0.3 is 19.9 Å². The molecule has 0 spiro atoms. The Morgan fingerprint density at radius 3 is 2.61 bits per heavy atom. The van der Waals surface area contributed by atoms with Crippen LogP contribution >= 0.6 is 0 Å². The van der Waals surface area contributed by atoms with Crippen LogP contribution in [0.15, 0.2) is 24.3 Å². The molecule has 0 aliphatic carbocycles. The van der Waals surface area contributed by atoms with E-state index in [0.717, 1.165) is 0 Å². The molecule has 9 nitrogen and oxygen atoms in total. The number of carbonyl (C=O) groups is 2. The Kier molecular flexibility index (Phi) is 6.46. The first kappa shape index (κ1) is 18.4. The molecule has 1 aromatic carbocycles. The van der Waals surface area contributed by atoms with Crippen LogP contribution in [0.1, 0.15) is 13.3 Å². The summed E-state index contributed by atoms with van der Waals surface area (Å²) in [5.41, 5.74) is -1.37. The van der Waals surface area contributed by atoms with E-state index in [2.05, 4.69) is 5.32 Å². The third-order valence-electron chi connectivity index (χ3n) is 2.87. The number of nitro groups is 1. The van der Waals surface area contributed by atoms with Crippen molar-refractivity contribution in [1.29, 1.82) is 0 Å². The van der Waals surface area contributed by atoms with E-state index in [1.165, 1.54) is 32.2 Å². The van der Waals surface area contributed by atoms with Crippen LogP contribution in [0.4, 0.5) is 5.69 Å². The summed E-state index contributed by atoms with van der Waals surface area (Å²) in [6.45, 7) is 1.04. The Morgan fingerprint density at radius 2 is 2.04 bits per heavy atom. The molecule has 1 rings (SSSR count). The van der Waals surface area contributed by atoms with E-state index in [4.69, 9.17) is 14.6 Å². The lowest BCUT2D eigenvalue weighted by Gasteiger charge is -2.28. The van der Waals surface area contributed by atoms with Crippen LogP contribution < -0.4 is 10.1 Å². The number of nitro benzene ring substituents is 1. The number of aliphatic carboxylic acids is 1. The third-order valence-corrected chi connectivity index (χ3v) is 2.87. The van der Waals surface area contributed by atoms with Gasteiger partial charge in [0.1, 0.15) is 0 Å². The highest BCUT2D eigenvalue weighted by molar-refractivity contribution is 5.79. The van der Waals surface area contributed by atoms with Gasteiger partial charge >= 0.3 is 11.7 Å². The molecule has 0 heterocycles. The molecule has 23 heavy (non-hydrogen) atoms. The Hall–Kier alpha value is -2.68. The molecule has 1 atom stereocenters. The van der Waals surface area contributed by atoms with Gasteiger partial charge in [0, 0.05) is 13.2 Å². The lowest BCUT2D eigenvalue weighted by molar-refractivity contribution is -0.385. The van der Waals surface area contributed by atoms with Crippen LogP contribution in [0.3, 0.4) is 0 Å². The summed E-state index contributed by atoms with van der Waals surface area (Å²) in [7, 11) is 1.39. The minimum Gasteiger partial charge on any atom is -0.481 e. The molecule has 1 amide bonds. The number of methoxy groups -OCH3 is 1. The summed E-state index contributed by atoms with van der Waals surface area (Å²) in [5.74, 6) is -1.74. The number of nitrogens with one attached hydrogen (secondary N) is 1. The topological polar surface area (TPSA) is 128 Å². The molecule has 1 aromatic rings. The Bertz CT molecular complexity index is 590. The number of hydrogen-bond acceptors (Lipinski definition) is 6. The number of amides is 1. The van der Waals surface area contributed by atoms with E-state index >= 15 is 0 Å². The van der Waals surface area contributed by atoms with Crippen LogP contribution in [0.25, 0.3) is 0 Å². The number of rotatable bonds is 9. The molecule has 0 aromatic heterocycles. The maximum absolute atomic E-state index is 11.9. The minimum absolute atomic E-state index is 0.00345. The van der Waals surface area contributed by atoms with E-state index in [9.17, 15) is 19.7 Å². The number of carboxylic acid groups (broad SMARTS) is 1. The molecule has 0 aliphatic heterocycles. The zero-order valence-corrected chi connectivity index (χ0v) is 12.8. The largest absolute Gasteiger partial charge is 0.481 e. The number of benzene rings is 1. The molecule has 9 heteroatoms. The van der Waals surface area contributed by atoms with Crippen molar-refractivity contribution < 1.29 is 29.1 Å². The smallest absolute Gasteiger partial charge is 0.310 e. The number of carbonyl (C=O) groups excluding carboxylic acids is 1. The predicted molar refractivity (Wildman–Crippen MR) is 79.3 cm³/mol. The fourth-order valence-corrected chi connectivity index (χ4v) is 2.03. The molecule has 0 aliphatic rings. The summed E-state index contributed by atoms with van der Waals surface area (Å²) in [6, 6.07) is 5.65. The second kappa shape index (κ2) is 8.08. The molecular weight excluding hydrogens is 308 g/mol. The molecular formula is C14H18N2O7. The maximum Gasteiger partial charge on any atom is 0.310 e. The zero-order chi connectivity index (χ0) is 17.5. The van der Waals surface area contributed by atoms with Crippen LogP contribution in [0, 0.1) is 10.1 Å². The van der Waals surface area contributed by atoms with Gasteiger partial charge in [0.2, 0.25) is 0 Å². The summed E-state index contributed by atoms with van der Waals surface area (Å²) in [4.78, 5) is 33.0. The first-order valence-electron chi connectivity index (χ1n) is 6.65. The highest BCUT2D eigenvalue weighted by Crippen LogP contribution is 2.25. The van der Waals surface area contributed by atoms with Crippen molar-refractivity contribution in [3.8, 4) is 5.75 Å². The molecule has 0 radical (unpaired) electrons. The summed E-state index contributed by atoms with van der Waals surface area (Å²) in [6.07, 6.45) is -0.335. The number of hydrogen-bond donors (Lipinski definition) is 2. The SMILES string of the molecule is COCC(C)(CC(=O)O)NC(=O)COc1ccccc1[N+](=O)[O-]. The molecule has 1 unspecified atom stereocenters. The highest BCUT2D eigenvalue weighted by Gasteiger charge is 2.29. The van der Waals surface area contributed by atoms with E-state index in [-0.39, 0.29) is 24.5 Å². The van der Waals surface area contributed by atoms with Gasteiger partial charge in [-0.15, -0.1) is 0 Å². The van der Waals surface area contributed by atoms with E-state index in [0.29, 0.717) is 0 Å². The molecule has 0 fully saturated rings. The average Bonchev–Trinajstić information content (AvgIpc) is 2.44. The Balaban J connectivity index is 2.69. The second-order valence-electron chi connectivity index (χ2n) is 5.13. The van der Waals surface area contributed by atoms with E-state index in [1.807, 2.05) is 0 Å². The van der Waals surface area contributed by atoms with Gasteiger partial charge in [-0.1, -0.05) is 12.1 Å². The van der Waals surface area contributed by atoms with Gasteiger partial charge in [-0.2, -0.15) is 0 Å². The monoisotopic (exact) mass is 326 g/mol. The second-order valence-corrected chi connectivity index (χ2v) is 5.13. The van der Waals surface area contributed by atoms with Gasteiger partial charge in [0.15, 0.2) is 12.4 Å². The standard InChI is InChI=1S/C14H18N2O7/c1-14(9-22-2,7-13(18)19)15-12(17)8-23-11-6-4-3-5-10(11)16(20)21/h3-6H,7-9H2,1-2H3,(H,15,17)(H,18,19). The lowest BCUT2D eigenvalue weighted by Crippen LogP contribution is -2.52. The van der Waals surface area contributed by atoms with Crippen molar-refractivity contribution in [2.24, 2.45) is 0 Å². The first-order valence-corrected chi connectivity index (χ1v) is 6.65. The number of ether oxygens (including phenoxy) is 2. The van der Waals surface area contributed by atoms with Gasteiger partial charge in [-0.3, -0.25) is 19.7 Å². The van der Waals surface area contributed by atoms with Crippen LogP contribution in [-0.2, 0) is 14.3 Å². The van der Waals surface area contributed by atoms with Crippen molar-refractivity contribution in [3.63, 3.8) is 0 Å². The maximum atomic E-state index is 11.9. The Labute approximate surface area is 132 Å². The zero-order valence-electron chi connectivity index (χ0n) is 12.8. The van der Waals surface area contributed by atoms with Crippen molar-refractivity contribution >= 4 is 17.6 Å². The van der Waals surface area contributed by atoms with Crippen molar-refractivity contribution in [3.05, 3.63) is 34.4 Å². The summed E-state index contributed by atoms with van der Waals surface area (Å²) >= 11 is 0. The van der Waals surface area contributed by atoms with Gasteiger partial charge in [0.05, 0.1) is 23.5 Å². The molecule has 0 saturated heterocycles. The average molecular weight is 326 g/mol. The predicted octanol–water partition coefficient (Wildman–Crippen LogP) is 0.970. The normalized spacial score (nSPS) is 13.0.